The Labute approximate surface area is 277 Å². The molecule has 0 amide bonds. The number of benzene rings is 3. The molecule has 1 aliphatic heterocycles. The Kier molecular flexibility index (Phi) is 8.93. The van der Waals surface area contributed by atoms with Crippen molar-refractivity contribution in [3.8, 4) is 23.0 Å². The van der Waals surface area contributed by atoms with Gasteiger partial charge in [0.05, 0.1) is 13.7 Å². The van der Waals surface area contributed by atoms with Crippen molar-refractivity contribution in [1.29, 1.82) is 0 Å². The van der Waals surface area contributed by atoms with Crippen molar-refractivity contribution in [3.63, 3.8) is 0 Å². The van der Waals surface area contributed by atoms with Crippen molar-refractivity contribution in [3.05, 3.63) is 106 Å². The van der Waals surface area contributed by atoms with Crippen LogP contribution in [0.4, 0.5) is 0 Å². The van der Waals surface area contributed by atoms with Gasteiger partial charge >= 0.3 is 0 Å². The van der Waals surface area contributed by atoms with Gasteiger partial charge in [-0.25, -0.2) is 0 Å². The Hall–Kier alpha value is -4.52. The Balaban J connectivity index is 1.26. The molecule has 0 fully saturated rings. The first kappa shape index (κ1) is 32.4. The molecule has 3 aromatic rings. The molecule has 0 atom stereocenters. The first-order chi connectivity index (χ1) is 22.5. The fourth-order valence-electron chi connectivity index (χ4n) is 6.92. The zero-order valence-corrected chi connectivity index (χ0v) is 28.2. The first-order valence-electron chi connectivity index (χ1n) is 16.4. The average molecular weight is 637 g/mol. The van der Waals surface area contributed by atoms with Gasteiger partial charge < -0.3 is 23.7 Å². The molecule has 3 aromatic carbocycles. The van der Waals surface area contributed by atoms with Gasteiger partial charge in [-0.1, -0.05) is 70.2 Å². The zero-order valence-electron chi connectivity index (χ0n) is 28.2. The summed E-state index contributed by atoms with van der Waals surface area (Å²) >= 11 is 0. The summed E-state index contributed by atoms with van der Waals surface area (Å²) in [6, 6.07) is 21.5. The Morgan fingerprint density at radius 3 is 1.83 bits per heavy atom. The summed E-state index contributed by atoms with van der Waals surface area (Å²) in [5, 5.41) is 0. The number of allylic oxidation sites excluding steroid dienone is 4. The summed E-state index contributed by atoms with van der Waals surface area (Å²) in [4.78, 5) is 27.4. The van der Waals surface area contributed by atoms with Crippen LogP contribution in [-0.4, -0.2) is 25.3 Å². The van der Waals surface area contributed by atoms with Gasteiger partial charge in [-0.3, -0.25) is 9.59 Å². The number of carbonyl (C=O) groups excluding carboxylic acids is 2. The Bertz CT molecular complexity index is 1690. The van der Waals surface area contributed by atoms with Crippen LogP contribution in [0.1, 0.15) is 82.9 Å². The van der Waals surface area contributed by atoms with Crippen molar-refractivity contribution in [2.45, 2.75) is 79.4 Å². The van der Waals surface area contributed by atoms with Crippen molar-refractivity contribution < 1.29 is 33.3 Å². The SMILES string of the molecule is CCOc1cc(COc2ccc(C3C4=C(CC(C)(C)CC4=O)OC4=C3C(=O)CC(C)(C)C4)cc2OC)ccc1OCc1ccccc1. The minimum Gasteiger partial charge on any atom is -0.493 e. The second kappa shape index (κ2) is 12.9. The molecule has 0 bridgehead atoms. The van der Waals surface area contributed by atoms with Crippen molar-refractivity contribution in [2.24, 2.45) is 10.8 Å². The predicted octanol–water partition coefficient (Wildman–Crippen LogP) is 8.65. The molecular formula is C40H44O7. The molecule has 0 saturated heterocycles. The number of hydrogen-bond acceptors (Lipinski definition) is 7. The Morgan fingerprint density at radius 1 is 0.660 bits per heavy atom. The van der Waals surface area contributed by atoms with Gasteiger partial charge in [0.1, 0.15) is 24.7 Å². The summed E-state index contributed by atoms with van der Waals surface area (Å²) in [5.74, 6) is 3.36. The number of ketones is 2. The predicted molar refractivity (Wildman–Crippen MR) is 180 cm³/mol. The van der Waals surface area contributed by atoms with E-state index in [0.29, 0.717) is 84.6 Å². The average Bonchev–Trinajstić information content (AvgIpc) is 3.01. The lowest BCUT2D eigenvalue weighted by Crippen LogP contribution is -2.37. The molecule has 0 unspecified atom stereocenters. The van der Waals surface area contributed by atoms with Gasteiger partial charge in [0.2, 0.25) is 0 Å². The van der Waals surface area contributed by atoms with E-state index in [-0.39, 0.29) is 29.0 Å². The van der Waals surface area contributed by atoms with Gasteiger partial charge in [-0.05, 0) is 58.7 Å². The quantitative estimate of drug-likeness (QED) is 0.220. The van der Waals surface area contributed by atoms with Gasteiger partial charge in [0.25, 0.3) is 0 Å². The smallest absolute Gasteiger partial charge is 0.163 e. The van der Waals surface area contributed by atoms with E-state index in [9.17, 15) is 9.59 Å². The largest absolute Gasteiger partial charge is 0.493 e. The second-order valence-electron chi connectivity index (χ2n) is 14.3. The highest BCUT2D eigenvalue weighted by Crippen LogP contribution is 2.53. The summed E-state index contributed by atoms with van der Waals surface area (Å²) in [6.07, 6.45) is 2.11. The lowest BCUT2D eigenvalue weighted by molar-refractivity contribution is -0.120. The van der Waals surface area contributed by atoms with Gasteiger partial charge in [-0.2, -0.15) is 0 Å². The molecule has 0 aromatic heterocycles. The van der Waals surface area contributed by atoms with Crippen LogP contribution in [0.25, 0.3) is 0 Å². The molecule has 7 heteroatoms. The van der Waals surface area contributed by atoms with E-state index < -0.39 is 5.92 Å². The van der Waals surface area contributed by atoms with Crippen molar-refractivity contribution in [1.82, 2.24) is 0 Å². The third-order valence-corrected chi connectivity index (χ3v) is 9.04. The number of methoxy groups -OCH3 is 1. The summed E-state index contributed by atoms with van der Waals surface area (Å²) < 4.78 is 30.5. The van der Waals surface area contributed by atoms with Crippen LogP contribution in [0.3, 0.4) is 0 Å². The summed E-state index contributed by atoms with van der Waals surface area (Å²) in [7, 11) is 1.60. The fraction of sp³-hybridized carbons (Fsp3) is 0.400. The lowest BCUT2D eigenvalue weighted by Gasteiger charge is -2.42. The number of rotatable bonds is 10. The molecule has 3 aliphatic rings. The van der Waals surface area contributed by atoms with Crippen LogP contribution < -0.4 is 18.9 Å². The van der Waals surface area contributed by atoms with E-state index in [4.69, 9.17) is 23.7 Å². The van der Waals surface area contributed by atoms with E-state index in [0.717, 1.165) is 16.7 Å². The molecule has 0 spiro atoms. The molecule has 7 nitrogen and oxygen atoms in total. The normalized spacial score (nSPS) is 18.7. The first-order valence-corrected chi connectivity index (χ1v) is 16.4. The number of ether oxygens (including phenoxy) is 5. The van der Waals surface area contributed by atoms with E-state index >= 15 is 0 Å². The Morgan fingerprint density at radius 2 is 1.23 bits per heavy atom. The lowest BCUT2D eigenvalue weighted by atomic mass is 9.65. The van der Waals surface area contributed by atoms with Crippen molar-refractivity contribution >= 4 is 11.6 Å². The fourth-order valence-corrected chi connectivity index (χ4v) is 6.92. The minimum absolute atomic E-state index is 0.0334. The second-order valence-corrected chi connectivity index (χ2v) is 14.3. The standard InChI is InChI=1S/C40H44O7/c1-7-44-33-17-26(13-15-31(33)45-23-25-11-9-8-10-12-25)24-46-30-16-14-27(18-32(30)43-6)36-37-28(41)19-39(2,3)21-34(37)47-35-22-40(4,5)20-29(42)38(35)36/h8-18,36H,7,19-24H2,1-6H3. The van der Waals surface area contributed by atoms with Gasteiger partial charge in [0.15, 0.2) is 34.6 Å². The van der Waals surface area contributed by atoms with Gasteiger partial charge in [0, 0.05) is 42.7 Å². The van der Waals surface area contributed by atoms with Crippen LogP contribution in [0, 0.1) is 10.8 Å². The number of hydrogen-bond donors (Lipinski definition) is 0. The maximum Gasteiger partial charge on any atom is 0.163 e. The maximum absolute atomic E-state index is 13.7. The van der Waals surface area contributed by atoms with E-state index in [1.54, 1.807) is 7.11 Å². The molecule has 1 heterocycles. The molecule has 246 valence electrons. The summed E-state index contributed by atoms with van der Waals surface area (Å²) in [5.41, 5.74) is 3.58. The third-order valence-electron chi connectivity index (χ3n) is 9.04. The van der Waals surface area contributed by atoms with E-state index in [2.05, 4.69) is 27.7 Å². The summed E-state index contributed by atoms with van der Waals surface area (Å²) in [6.45, 7) is 11.5. The molecule has 47 heavy (non-hydrogen) atoms. The zero-order chi connectivity index (χ0) is 33.3. The highest BCUT2D eigenvalue weighted by molar-refractivity contribution is 6.06. The molecule has 2 aliphatic carbocycles. The van der Waals surface area contributed by atoms with Crippen LogP contribution in [-0.2, 0) is 27.5 Å². The van der Waals surface area contributed by atoms with E-state index in [1.165, 1.54) is 0 Å². The van der Waals surface area contributed by atoms with E-state index in [1.807, 2.05) is 73.7 Å². The molecule has 0 N–H and O–H groups in total. The molecule has 0 saturated carbocycles. The number of carbonyl (C=O) groups is 2. The molecule has 6 rings (SSSR count). The number of Topliss-reactive ketones (excluding diaryl/α,β-unsaturated/α-hetero) is 2. The third kappa shape index (κ3) is 6.95. The topological polar surface area (TPSA) is 80.3 Å². The van der Waals surface area contributed by atoms with Crippen molar-refractivity contribution in [2.75, 3.05) is 13.7 Å². The van der Waals surface area contributed by atoms with Crippen LogP contribution >= 0.6 is 0 Å². The monoisotopic (exact) mass is 636 g/mol. The highest BCUT2D eigenvalue weighted by atomic mass is 16.5. The maximum atomic E-state index is 13.7. The van der Waals surface area contributed by atoms with Crippen LogP contribution in [0.2, 0.25) is 0 Å². The molecule has 0 radical (unpaired) electrons. The van der Waals surface area contributed by atoms with Crippen LogP contribution in [0.5, 0.6) is 23.0 Å². The molecular weight excluding hydrogens is 592 g/mol. The van der Waals surface area contributed by atoms with Gasteiger partial charge in [-0.15, -0.1) is 0 Å². The van der Waals surface area contributed by atoms with Crippen LogP contribution in [0.15, 0.2) is 89.4 Å². The minimum atomic E-state index is -0.499. The highest BCUT2D eigenvalue weighted by Gasteiger charge is 2.48.